The van der Waals surface area contributed by atoms with Crippen LogP contribution in [0.3, 0.4) is 0 Å². The average molecular weight is 222 g/mol. The van der Waals surface area contributed by atoms with Crippen molar-refractivity contribution in [2.24, 2.45) is 0 Å². The first-order chi connectivity index (χ1) is 6.75. The van der Waals surface area contributed by atoms with Crippen LogP contribution >= 0.6 is 0 Å². The number of rotatable bonds is 4. The van der Waals surface area contributed by atoms with E-state index in [-0.39, 0.29) is 11.6 Å². The minimum Gasteiger partial charge on any atom is -0.545 e. The summed E-state index contributed by atoms with van der Waals surface area (Å²) < 4.78 is 34.8. The molecule has 0 unspecified atom stereocenters. The van der Waals surface area contributed by atoms with Gasteiger partial charge in [0.15, 0.2) is 0 Å². The van der Waals surface area contributed by atoms with Gasteiger partial charge in [0.2, 0.25) is 0 Å². The Kier molecular flexibility index (Phi) is 4.56. The number of carbonyl (C=O) groups is 2. The largest absolute Gasteiger partial charge is 0.545 e. The molecular formula is C8H7F3NO3-. The van der Waals surface area contributed by atoms with Gasteiger partial charge in [-0.2, -0.15) is 13.2 Å². The van der Waals surface area contributed by atoms with Crippen LogP contribution in [0.5, 0.6) is 0 Å². The van der Waals surface area contributed by atoms with Gasteiger partial charge in [0, 0.05) is 18.5 Å². The fourth-order valence-electron chi connectivity index (χ4n) is 0.450. The summed E-state index contributed by atoms with van der Waals surface area (Å²) in [6.07, 6.45) is -3.10. The van der Waals surface area contributed by atoms with Crippen molar-refractivity contribution in [2.75, 3.05) is 0 Å². The number of alkyl halides is 3. The Morgan fingerprint density at radius 1 is 1.33 bits per heavy atom. The molecule has 0 saturated carbocycles. The molecule has 0 heterocycles. The lowest BCUT2D eigenvalue weighted by atomic mass is 10.3. The molecule has 84 valence electrons. The number of carboxylic acid groups (broad SMARTS) is 1. The summed E-state index contributed by atoms with van der Waals surface area (Å²) >= 11 is 0. The van der Waals surface area contributed by atoms with Crippen molar-refractivity contribution in [3.63, 3.8) is 0 Å². The third kappa shape index (κ3) is 5.50. The number of halogens is 3. The van der Waals surface area contributed by atoms with Gasteiger partial charge in [0.1, 0.15) is 0 Å². The number of carboxylic acids is 1. The van der Waals surface area contributed by atoms with E-state index >= 15 is 0 Å². The Morgan fingerprint density at radius 2 is 1.87 bits per heavy atom. The number of carbonyl (C=O) groups excluding carboxylic acids is 2. The van der Waals surface area contributed by atoms with Crippen molar-refractivity contribution < 1.29 is 27.9 Å². The smallest absolute Gasteiger partial charge is 0.454 e. The Morgan fingerprint density at radius 3 is 2.27 bits per heavy atom. The standard InChI is InChI=1S/C8H8F3NO3/c1-5(7(14)15)4-12-3-2-6(13)8(9,10)11/h2-4,12H,1H3,(H,14,15)/p-1. The van der Waals surface area contributed by atoms with Crippen LogP contribution < -0.4 is 10.4 Å². The van der Waals surface area contributed by atoms with Crippen molar-refractivity contribution in [1.82, 2.24) is 5.32 Å². The van der Waals surface area contributed by atoms with Gasteiger partial charge < -0.3 is 15.2 Å². The second kappa shape index (κ2) is 5.18. The van der Waals surface area contributed by atoms with E-state index in [1.165, 1.54) is 6.92 Å². The molecule has 0 saturated heterocycles. The first-order valence-corrected chi connectivity index (χ1v) is 3.67. The van der Waals surface area contributed by atoms with Gasteiger partial charge in [0.05, 0.1) is 5.97 Å². The van der Waals surface area contributed by atoms with E-state index in [0.29, 0.717) is 6.20 Å². The highest BCUT2D eigenvalue weighted by atomic mass is 19.4. The third-order valence-electron chi connectivity index (χ3n) is 1.23. The van der Waals surface area contributed by atoms with Crippen molar-refractivity contribution >= 4 is 11.8 Å². The second-order valence-corrected chi connectivity index (χ2v) is 2.48. The van der Waals surface area contributed by atoms with Gasteiger partial charge in [-0.05, 0) is 12.5 Å². The molecule has 0 aromatic rings. The summed E-state index contributed by atoms with van der Waals surface area (Å²) in [6, 6.07) is 0. The van der Waals surface area contributed by atoms with E-state index in [1.807, 2.05) is 0 Å². The summed E-state index contributed by atoms with van der Waals surface area (Å²) in [4.78, 5) is 20.3. The zero-order valence-corrected chi connectivity index (χ0v) is 7.59. The minimum absolute atomic E-state index is 0.209. The van der Waals surface area contributed by atoms with Crippen molar-refractivity contribution in [2.45, 2.75) is 13.1 Å². The molecule has 4 nitrogen and oxygen atoms in total. The van der Waals surface area contributed by atoms with Gasteiger partial charge in [-0.15, -0.1) is 0 Å². The highest BCUT2D eigenvalue weighted by molar-refractivity contribution is 5.94. The zero-order valence-electron chi connectivity index (χ0n) is 7.59. The summed E-state index contributed by atoms with van der Waals surface area (Å²) in [5, 5.41) is 12.2. The molecule has 0 fully saturated rings. The van der Waals surface area contributed by atoms with E-state index in [1.54, 1.807) is 0 Å². The Bertz CT molecular complexity index is 318. The van der Waals surface area contributed by atoms with Crippen LogP contribution in [0, 0.1) is 0 Å². The minimum atomic E-state index is -4.93. The molecule has 0 atom stereocenters. The molecular weight excluding hydrogens is 215 g/mol. The molecule has 0 amide bonds. The number of ketones is 1. The first-order valence-electron chi connectivity index (χ1n) is 3.67. The number of hydrogen-bond donors (Lipinski definition) is 1. The number of aliphatic carboxylic acids is 1. The Hall–Kier alpha value is -1.79. The fraction of sp³-hybridized carbons (Fsp3) is 0.250. The van der Waals surface area contributed by atoms with Crippen LogP contribution in [0.25, 0.3) is 0 Å². The highest BCUT2D eigenvalue weighted by Gasteiger charge is 2.35. The molecule has 15 heavy (non-hydrogen) atoms. The van der Waals surface area contributed by atoms with Crippen LogP contribution in [-0.4, -0.2) is 17.9 Å². The van der Waals surface area contributed by atoms with Gasteiger partial charge >= 0.3 is 6.18 Å². The molecule has 0 radical (unpaired) electrons. The molecule has 0 spiro atoms. The molecule has 0 rings (SSSR count). The van der Waals surface area contributed by atoms with Crippen molar-refractivity contribution in [1.29, 1.82) is 0 Å². The van der Waals surface area contributed by atoms with Crippen LogP contribution in [-0.2, 0) is 9.59 Å². The SMILES string of the molecule is CC(=CNC=CC(=O)C(F)(F)F)C(=O)[O-]. The quantitative estimate of drug-likeness (QED) is 0.673. The number of allylic oxidation sites excluding steroid dienone is 1. The van der Waals surface area contributed by atoms with E-state index in [4.69, 9.17) is 0 Å². The van der Waals surface area contributed by atoms with Gasteiger partial charge in [0.25, 0.3) is 5.78 Å². The van der Waals surface area contributed by atoms with Crippen molar-refractivity contribution in [3.8, 4) is 0 Å². The average Bonchev–Trinajstić information content (AvgIpc) is 2.09. The van der Waals surface area contributed by atoms with Crippen LogP contribution in [0.15, 0.2) is 24.0 Å². The van der Waals surface area contributed by atoms with E-state index in [2.05, 4.69) is 5.32 Å². The lowest BCUT2D eigenvalue weighted by Gasteiger charge is -2.01. The first kappa shape index (κ1) is 13.2. The summed E-state index contributed by atoms with van der Waals surface area (Å²) in [7, 11) is 0. The third-order valence-corrected chi connectivity index (χ3v) is 1.23. The van der Waals surface area contributed by atoms with Crippen LogP contribution in [0.4, 0.5) is 13.2 Å². The maximum atomic E-state index is 11.6. The van der Waals surface area contributed by atoms with Crippen molar-refractivity contribution in [3.05, 3.63) is 24.0 Å². The van der Waals surface area contributed by atoms with Crippen LogP contribution in [0.2, 0.25) is 0 Å². The molecule has 0 aliphatic carbocycles. The molecule has 0 aliphatic rings. The zero-order chi connectivity index (χ0) is 12.1. The Balaban J connectivity index is 4.19. The second-order valence-electron chi connectivity index (χ2n) is 2.48. The maximum absolute atomic E-state index is 11.6. The van der Waals surface area contributed by atoms with Gasteiger partial charge in [-0.25, -0.2) is 0 Å². The molecule has 0 aromatic heterocycles. The van der Waals surface area contributed by atoms with Crippen LogP contribution in [0.1, 0.15) is 6.92 Å². The maximum Gasteiger partial charge on any atom is 0.454 e. The van der Waals surface area contributed by atoms with Gasteiger partial charge in [-0.1, -0.05) is 0 Å². The monoisotopic (exact) mass is 222 g/mol. The molecule has 7 heteroatoms. The molecule has 0 aromatic carbocycles. The van der Waals surface area contributed by atoms with E-state index in [9.17, 15) is 27.9 Å². The normalized spacial score (nSPS) is 12.9. The fourth-order valence-corrected chi connectivity index (χ4v) is 0.450. The predicted octanol–water partition coefficient (Wildman–Crippen LogP) is -0.125. The van der Waals surface area contributed by atoms with E-state index < -0.39 is 17.9 Å². The summed E-state index contributed by atoms with van der Waals surface area (Å²) in [5.41, 5.74) is -0.209. The summed E-state index contributed by atoms with van der Waals surface area (Å²) in [5.74, 6) is -3.49. The number of hydrogen-bond acceptors (Lipinski definition) is 4. The Labute approximate surface area is 83.1 Å². The lowest BCUT2D eigenvalue weighted by Crippen LogP contribution is -2.24. The predicted molar refractivity (Wildman–Crippen MR) is 42.1 cm³/mol. The molecule has 0 aliphatic heterocycles. The van der Waals surface area contributed by atoms with Gasteiger partial charge in [-0.3, -0.25) is 4.79 Å². The number of nitrogens with one attached hydrogen (secondary N) is 1. The summed E-state index contributed by atoms with van der Waals surface area (Å²) in [6.45, 7) is 1.18. The lowest BCUT2D eigenvalue weighted by molar-refractivity contribution is -0.299. The molecule has 0 bridgehead atoms. The molecule has 1 N–H and O–H groups in total. The topological polar surface area (TPSA) is 69.2 Å². The van der Waals surface area contributed by atoms with E-state index in [0.717, 1.165) is 6.20 Å². The highest BCUT2D eigenvalue weighted by Crippen LogP contribution is 2.15.